The lowest BCUT2D eigenvalue weighted by Crippen LogP contribution is -2.49. The molecule has 9 nitrogen and oxygen atoms in total. The van der Waals surface area contributed by atoms with Gasteiger partial charge in [0.2, 0.25) is 5.91 Å². The molecule has 14 heteroatoms. The lowest BCUT2D eigenvalue weighted by molar-refractivity contribution is -0.126. The number of fused-ring (bicyclic) bond motifs is 1. The van der Waals surface area contributed by atoms with E-state index in [0.717, 1.165) is 0 Å². The highest BCUT2D eigenvalue weighted by molar-refractivity contribution is 6.42. The SMILES string of the molecule is C=CC(=O)N1CCN(c2c(C#N)c(=O)n(C3C(C(C)C)=NC=C[C@H]3C)c3nc(-c4c(Cl)c(N)c(F)c(F)c4Cl)c(Cl)cc23)CC1. The molecule has 0 radical (unpaired) electrons. The summed E-state index contributed by atoms with van der Waals surface area (Å²) >= 11 is 19.4. The number of amides is 1. The van der Waals surface area contributed by atoms with Crippen LogP contribution >= 0.6 is 34.8 Å². The summed E-state index contributed by atoms with van der Waals surface area (Å²) in [6, 6.07) is 2.93. The van der Waals surface area contributed by atoms with Gasteiger partial charge < -0.3 is 15.5 Å². The van der Waals surface area contributed by atoms with E-state index in [1.807, 2.05) is 31.7 Å². The zero-order valence-corrected chi connectivity index (χ0v) is 26.8. The summed E-state index contributed by atoms with van der Waals surface area (Å²) < 4.78 is 30.6. The molecule has 4 heterocycles. The minimum atomic E-state index is -1.43. The van der Waals surface area contributed by atoms with Crippen molar-refractivity contribution in [1.82, 2.24) is 14.5 Å². The maximum absolute atomic E-state index is 14.8. The van der Waals surface area contributed by atoms with Crippen molar-refractivity contribution in [2.45, 2.75) is 26.8 Å². The maximum atomic E-state index is 14.8. The summed E-state index contributed by atoms with van der Waals surface area (Å²) in [6.07, 6.45) is 4.74. The Morgan fingerprint density at radius 2 is 1.84 bits per heavy atom. The average molecular weight is 675 g/mol. The smallest absolute Gasteiger partial charge is 0.272 e. The summed E-state index contributed by atoms with van der Waals surface area (Å²) in [5.41, 5.74) is 4.96. The molecule has 2 atom stereocenters. The highest BCUT2D eigenvalue weighted by Crippen LogP contribution is 2.45. The van der Waals surface area contributed by atoms with Crippen LogP contribution in [-0.4, -0.2) is 52.2 Å². The van der Waals surface area contributed by atoms with Crippen LogP contribution in [-0.2, 0) is 4.79 Å². The molecule has 0 bridgehead atoms. The molecular formula is C31H28Cl3F2N7O2. The number of nitriles is 1. The molecule has 2 aliphatic rings. The number of aliphatic imine (C=N–C) groups is 1. The molecule has 45 heavy (non-hydrogen) atoms. The lowest BCUT2D eigenvalue weighted by atomic mass is 9.88. The molecule has 0 spiro atoms. The largest absolute Gasteiger partial charge is 0.395 e. The van der Waals surface area contributed by atoms with Gasteiger partial charge >= 0.3 is 0 Å². The van der Waals surface area contributed by atoms with Crippen LogP contribution in [0, 0.1) is 34.8 Å². The molecule has 2 N–H and O–H groups in total. The van der Waals surface area contributed by atoms with Crippen molar-refractivity contribution >= 4 is 68.8 Å². The third-order valence-electron chi connectivity index (χ3n) is 8.12. The average Bonchev–Trinajstić information content (AvgIpc) is 3.02. The van der Waals surface area contributed by atoms with Gasteiger partial charge in [0.05, 0.1) is 38.2 Å². The van der Waals surface area contributed by atoms with E-state index >= 15 is 0 Å². The van der Waals surface area contributed by atoms with E-state index in [2.05, 4.69) is 17.6 Å². The number of nitrogen functional groups attached to an aromatic ring is 1. The van der Waals surface area contributed by atoms with E-state index in [0.29, 0.717) is 37.3 Å². The van der Waals surface area contributed by atoms with Gasteiger partial charge in [-0.25, -0.2) is 13.8 Å². The summed E-state index contributed by atoms with van der Waals surface area (Å²) in [5, 5.41) is 9.58. The van der Waals surface area contributed by atoms with E-state index in [4.69, 9.17) is 45.5 Å². The van der Waals surface area contributed by atoms with Crippen LogP contribution in [0.1, 0.15) is 32.4 Å². The molecule has 2 aliphatic heterocycles. The van der Waals surface area contributed by atoms with Crippen LogP contribution < -0.4 is 16.2 Å². The predicted octanol–water partition coefficient (Wildman–Crippen LogP) is 6.39. The zero-order chi connectivity index (χ0) is 32.9. The van der Waals surface area contributed by atoms with Crippen LogP contribution in [0.4, 0.5) is 20.2 Å². The minimum absolute atomic E-state index is 0.0677. The van der Waals surface area contributed by atoms with Gasteiger partial charge in [-0.05, 0) is 18.1 Å². The second-order valence-electron chi connectivity index (χ2n) is 11.1. The van der Waals surface area contributed by atoms with Gasteiger partial charge in [-0.15, -0.1) is 0 Å². The first-order valence-electron chi connectivity index (χ1n) is 14.0. The van der Waals surface area contributed by atoms with Crippen LogP contribution in [0.25, 0.3) is 22.3 Å². The number of halogens is 5. The number of hydrogen-bond acceptors (Lipinski definition) is 7. The van der Waals surface area contributed by atoms with Crippen molar-refractivity contribution in [1.29, 1.82) is 5.26 Å². The second kappa shape index (κ2) is 12.4. The summed E-state index contributed by atoms with van der Waals surface area (Å²) in [4.78, 5) is 39.4. The van der Waals surface area contributed by atoms with Crippen LogP contribution in [0.3, 0.4) is 0 Å². The molecule has 1 unspecified atom stereocenters. The fourth-order valence-corrected chi connectivity index (χ4v) is 6.69. The molecular weight excluding hydrogens is 647 g/mol. The topological polar surface area (TPSA) is 121 Å². The summed E-state index contributed by atoms with van der Waals surface area (Å²) in [7, 11) is 0. The molecule has 2 aromatic heterocycles. The monoisotopic (exact) mass is 673 g/mol. The minimum Gasteiger partial charge on any atom is -0.395 e. The Balaban J connectivity index is 1.88. The first-order chi connectivity index (χ1) is 21.3. The van der Waals surface area contributed by atoms with Gasteiger partial charge in [0.25, 0.3) is 5.56 Å². The predicted molar refractivity (Wildman–Crippen MR) is 174 cm³/mol. The molecule has 5 rings (SSSR count). The molecule has 1 saturated heterocycles. The number of pyridine rings is 2. The number of allylic oxidation sites excluding steroid dienone is 1. The van der Waals surface area contributed by atoms with Crippen LogP contribution in [0.2, 0.25) is 15.1 Å². The quantitative estimate of drug-likeness (QED) is 0.145. The second-order valence-corrected chi connectivity index (χ2v) is 12.3. The van der Waals surface area contributed by atoms with Crippen molar-refractivity contribution in [2.24, 2.45) is 16.8 Å². The Kier molecular flexibility index (Phi) is 8.95. The van der Waals surface area contributed by atoms with E-state index < -0.39 is 39.0 Å². The Bertz CT molecular complexity index is 1900. The van der Waals surface area contributed by atoms with Gasteiger partial charge in [-0.1, -0.05) is 68.2 Å². The van der Waals surface area contributed by atoms with Crippen molar-refractivity contribution in [2.75, 3.05) is 36.8 Å². The number of nitrogens with zero attached hydrogens (tertiary/aromatic N) is 6. The number of aromatic nitrogens is 2. The van der Waals surface area contributed by atoms with Crippen molar-refractivity contribution in [3.63, 3.8) is 0 Å². The Labute approximate surface area is 272 Å². The summed E-state index contributed by atoms with van der Waals surface area (Å²) in [6.45, 7) is 10.5. The number of piperazine rings is 1. The van der Waals surface area contributed by atoms with Crippen molar-refractivity contribution in [3.8, 4) is 17.3 Å². The number of hydrogen-bond donors (Lipinski definition) is 1. The number of carbonyl (C=O) groups excluding carboxylic acids is 1. The zero-order valence-electron chi connectivity index (χ0n) is 24.5. The number of rotatable bonds is 5. The molecule has 3 aromatic rings. The number of nitrogens with two attached hydrogens (primary N) is 1. The van der Waals surface area contributed by atoms with Gasteiger partial charge in [-0.3, -0.25) is 19.1 Å². The maximum Gasteiger partial charge on any atom is 0.272 e. The fraction of sp³-hybridized carbons (Fsp3) is 0.323. The van der Waals surface area contributed by atoms with Crippen LogP contribution in [0.5, 0.6) is 0 Å². The first kappa shape index (κ1) is 32.4. The molecule has 234 valence electrons. The molecule has 0 saturated carbocycles. The number of carbonyl (C=O) groups is 1. The van der Waals surface area contributed by atoms with Gasteiger partial charge in [0, 0.05) is 55.0 Å². The molecule has 1 aromatic carbocycles. The van der Waals surface area contributed by atoms with E-state index in [1.165, 1.54) is 16.7 Å². The van der Waals surface area contributed by atoms with E-state index in [9.17, 15) is 23.6 Å². The first-order valence-corrected chi connectivity index (χ1v) is 15.2. The Morgan fingerprint density at radius 1 is 1.18 bits per heavy atom. The van der Waals surface area contributed by atoms with Gasteiger partial charge in [0.1, 0.15) is 17.3 Å². The van der Waals surface area contributed by atoms with Crippen molar-refractivity contribution in [3.05, 3.63) is 73.6 Å². The van der Waals surface area contributed by atoms with Crippen LogP contribution in [0.15, 0.2) is 40.8 Å². The lowest BCUT2D eigenvalue weighted by Gasteiger charge is -2.37. The molecule has 0 aliphatic carbocycles. The Hall–Kier alpha value is -3.98. The Morgan fingerprint density at radius 3 is 2.44 bits per heavy atom. The summed E-state index contributed by atoms with van der Waals surface area (Å²) in [5.74, 6) is -3.43. The standard InChI is InChI=1S/C31H28Cl3F2N7O2/c1-5-19(44)41-8-10-42(11-9-41)29-16-12-18(32)27(20-21(33)23(35)24(36)25(38)22(20)34)40-30(16)43(31(45)17(29)13-37)28-15(4)6-7-39-26(28)14(2)3/h5-7,12,14-15,28H,1,8-11,38H2,2-4H3/t15-,28?/m1/s1. The third-order valence-corrected chi connectivity index (χ3v) is 9.16. The fourth-order valence-electron chi connectivity index (χ4n) is 5.87. The van der Waals surface area contributed by atoms with Gasteiger partial charge in [-0.2, -0.15) is 5.26 Å². The molecule has 1 amide bonds. The molecule has 1 fully saturated rings. The normalized spacial score (nSPS) is 18.4. The number of anilines is 2. The van der Waals surface area contributed by atoms with E-state index in [1.54, 1.807) is 11.1 Å². The van der Waals surface area contributed by atoms with Crippen molar-refractivity contribution < 1.29 is 13.6 Å². The number of benzene rings is 1. The third kappa shape index (κ3) is 5.35. The van der Waals surface area contributed by atoms with Gasteiger partial charge in [0.15, 0.2) is 11.6 Å². The van der Waals surface area contributed by atoms with E-state index in [-0.39, 0.29) is 50.9 Å². The highest BCUT2D eigenvalue weighted by atomic mass is 35.5. The highest BCUT2D eigenvalue weighted by Gasteiger charge is 2.35.